The summed E-state index contributed by atoms with van der Waals surface area (Å²) in [7, 11) is 0. The van der Waals surface area contributed by atoms with E-state index in [0.29, 0.717) is 17.0 Å². The van der Waals surface area contributed by atoms with Gasteiger partial charge in [0, 0.05) is 11.4 Å². The van der Waals surface area contributed by atoms with E-state index in [1.54, 1.807) is 24.3 Å². The Morgan fingerprint density at radius 1 is 0.960 bits per heavy atom. The van der Waals surface area contributed by atoms with Crippen LogP contribution < -0.4 is 0 Å². The maximum Gasteiger partial charge on any atom is 0.345 e. The summed E-state index contributed by atoms with van der Waals surface area (Å²) < 4.78 is 4.86. The lowest BCUT2D eigenvalue weighted by Gasteiger charge is -2.10. The van der Waals surface area contributed by atoms with Crippen molar-refractivity contribution in [2.45, 2.75) is 78.1 Å². The fourth-order valence-corrected chi connectivity index (χ4v) is 2.93. The molecule has 4 heteroatoms. The minimum Gasteiger partial charge on any atom is -0.389 e. The number of carbonyl (C=O) groups is 2. The van der Waals surface area contributed by atoms with Crippen LogP contribution in [0.2, 0.25) is 5.02 Å². The molecule has 0 spiro atoms. The first kappa shape index (κ1) is 21.7. The molecule has 0 saturated heterocycles. The molecule has 1 aromatic carbocycles. The smallest absolute Gasteiger partial charge is 0.345 e. The summed E-state index contributed by atoms with van der Waals surface area (Å²) >= 11 is 5.76. The van der Waals surface area contributed by atoms with Crippen molar-refractivity contribution in [2.24, 2.45) is 5.92 Å². The van der Waals surface area contributed by atoms with Gasteiger partial charge in [-0.1, -0.05) is 76.8 Å². The summed E-state index contributed by atoms with van der Waals surface area (Å²) in [5.74, 6) is -0.260. The number of hydrogen-bond donors (Lipinski definition) is 0. The minimum atomic E-state index is -0.609. The lowest BCUT2D eigenvalue weighted by Crippen LogP contribution is -2.12. The fourth-order valence-electron chi connectivity index (χ4n) is 2.80. The molecule has 140 valence electrons. The van der Waals surface area contributed by atoms with E-state index in [1.807, 2.05) is 0 Å². The first-order chi connectivity index (χ1) is 12.0. The SMILES string of the molecule is CCCCCC(C)CCCCCCC(=O)OC(=O)c1ccc(Cl)cc1. The summed E-state index contributed by atoms with van der Waals surface area (Å²) in [6.45, 7) is 4.56. The van der Waals surface area contributed by atoms with Crippen molar-refractivity contribution in [1.29, 1.82) is 0 Å². The number of halogens is 1. The fraction of sp³-hybridized carbons (Fsp3) is 0.619. The van der Waals surface area contributed by atoms with Crippen molar-refractivity contribution >= 4 is 23.5 Å². The van der Waals surface area contributed by atoms with Crippen LogP contribution in [0.25, 0.3) is 0 Å². The predicted octanol–water partition coefficient (Wildman–Crippen LogP) is 6.58. The van der Waals surface area contributed by atoms with Crippen molar-refractivity contribution in [3.8, 4) is 0 Å². The highest BCUT2D eigenvalue weighted by Crippen LogP contribution is 2.17. The highest BCUT2D eigenvalue weighted by Gasteiger charge is 2.12. The van der Waals surface area contributed by atoms with Gasteiger partial charge in [-0.15, -0.1) is 0 Å². The van der Waals surface area contributed by atoms with E-state index in [0.717, 1.165) is 25.2 Å². The first-order valence-corrected chi connectivity index (χ1v) is 9.91. The third-order valence-corrected chi connectivity index (χ3v) is 4.67. The molecule has 0 fully saturated rings. The Bertz CT molecular complexity index is 510. The topological polar surface area (TPSA) is 43.4 Å². The molecule has 0 heterocycles. The second-order valence-electron chi connectivity index (χ2n) is 6.82. The van der Waals surface area contributed by atoms with Gasteiger partial charge < -0.3 is 4.74 Å². The summed E-state index contributed by atoms with van der Waals surface area (Å²) in [5.41, 5.74) is 0.342. The van der Waals surface area contributed by atoms with Gasteiger partial charge in [0.05, 0.1) is 5.56 Å². The maximum absolute atomic E-state index is 11.8. The Hall–Kier alpha value is -1.35. The second kappa shape index (κ2) is 12.9. The van der Waals surface area contributed by atoms with E-state index in [1.165, 1.54) is 38.5 Å². The predicted molar refractivity (Wildman–Crippen MR) is 103 cm³/mol. The number of unbranched alkanes of at least 4 members (excludes halogenated alkanes) is 5. The van der Waals surface area contributed by atoms with Gasteiger partial charge in [-0.2, -0.15) is 0 Å². The average Bonchev–Trinajstić information content (AvgIpc) is 2.58. The van der Waals surface area contributed by atoms with Gasteiger partial charge >= 0.3 is 11.9 Å². The molecule has 0 aromatic heterocycles. The molecule has 25 heavy (non-hydrogen) atoms. The number of esters is 2. The lowest BCUT2D eigenvalue weighted by atomic mass is 9.96. The molecule has 0 aliphatic rings. The molecule has 1 aromatic rings. The van der Waals surface area contributed by atoms with Crippen molar-refractivity contribution in [3.05, 3.63) is 34.9 Å². The van der Waals surface area contributed by atoms with Crippen LogP contribution in [-0.4, -0.2) is 11.9 Å². The van der Waals surface area contributed by atoms with Crippen molar-refractivity contribution in [1.82, 2.24) is 0 Å². The number of benzene rings is 1. The largest absolute Gasteiger partial charge is 0.389 e. The molecular formula is C21H31ClO3. The van der Waals surface area contributed by atoms with E-state index in [-0.39, 0.29) is 0 Å². The van der Waals surface area contributed by atoms with Gasteiger partial charge in [0.15, 0.2) is 0 Å². The van der Waals surface area contributed by atoms with Crippen molar-refractivity contribution < 1.29 is 14.3 Å². The molecule has 0 aliphatic heterocycles. The van der Waals surface area contributed by atoms with Crippen molar-refractivity contribution in [3.63, 3.8) is 0 Å². The summed E-state index contributed by atoms with van der Waals surface area (Å²) in [6, 6.07) is 6.32. The number of carbonyl (C=O) groups excluding carboxylic acids is 2. The van der Waals surface area contributed by atoms with E-state index < -0.39 is 11.9 Å². The maximum atomic E-state index is 11.8. The van der Waals surface area contributed by atoms with Gasteiger partial charge in [-0.3, -0.25) is 4.79 Å². The lowest BCUT2D eigenvalue weighted by molar-refractivity contribution is -0.138. The minimum absolute atomic E-state index is 0.297. The molecule has 0 radical (unpaired) electrons. The second-order valence-corrected chi connectivity index (χ2v) is 7.26. The molecule has 0 amide bonds. The van der Waals surface area contributed by atoms with Gasteiger partial charge in [-0.25, -0.2) is 4.79 Å². The van der Waals surface area contributed by atoms with Crippen LogP contribution in [0, 0.1) is 5.92 Å². The highest BCUT2D eigenvalue weighted by molar-refractivity contribution is 6.30. The van der Waals surface area contributed by atoms with E-state index >= 15 is 0 Å². The molecule has 0 bridgehead atoms. The van der Waals surface area contributed by atoms with Crippen LogP contribution in [0.4, 0.5) is 0 Å². The normalized spacial score (nSPS) is 12.0. The van der Waals surface area contributed by atoms with Gasteiger partial charge in [0.2, 0.25) is 0 Å². The number of rotatable bonds is 12. The van der Waals surface area contributed by atoms with Gasteiger partial charge in [0.25, 0.3) is 0 Å². The summed E-state index contributed by atoms with van der Waals surface area (Å²) in [4.78, 5) is 23.5. The molecule has 1 unspecified atom stereocenters. The Kier molecular flexibility index (Phi) is 11.2. The Morgan fingerprint density at radius 2 is 1.56 bits per heavy atom. The third kappa shape index (κ3) is 10.3. The van der Waals surface area contributed by atoms with Crippen LogP contribution in [0.3, 0.4) is 0 Å². The monoisotopic (exact) mass is 366 g/mol. The molecule has 1 rings (SSSR count). The molecule has 1 atom stereocenters. The van der Waals surface area contributed by atoms with Crippen LogP contribution in [0.15, 0.2) is 24.3 Å². The zero-order chi connectivity index (χ0) is 18.5. The van der Waals surface area contributed by atoms with Gasteiger partial charge in [0.1, 0.15) is 0 Å². The van der Waals surface area contributed by atoms with Crippen LogP contribution in [0.1, 0.15) is 88.4 Å². The Balaban J connectivity index is 2.07. The zero-order valence-electron chi connectivity index (χ0n) is 15.6. The van der Waals surface area contributed by atoms with Crippen molar-refractivity contribution in [2.75, 3.05) is 0 Å². The van der Waals surface area contributed by atoms with E-state index in [4.69, 9.17) is 16.3 Å². The Labute approximate surface area is 157 Å². The summed E-state index contributed by atoms with van der Waals surface area (Å²) in [6.07, 6.45) is 11.0. The van der Waals surface area contributed by atoms with E-state index in [2.05, 4.69) is 13.8 Å². The van der Waals surface area contributed by atoms with Crippen LogP contribution in [0.5, 0.6) is 0 Å². The molecule has 0 saturated carbocycles. The highest BCUT2D eigenvalue weighted by atomic mass is 35.5. The summed E-state index contributed by atoms with van der Waals surface area (Å²) in [5, 5.41) is 0.544. The first-order valence-electron chi connectivity index (χ1n) is 9.53. The zero-order valence-corrected chi connectivity index (χ0v) is 16.3. The quantitative estimate of drug-likeness (QED) is 0.238. The van der Waals surface area contributed by atoms with Gasteiger partial charge in [-0.05, 0) is 36.6 Å². The molecule has 0 N–H and O–H groups in total. The molecular weight excluding hydrogens is 336 g/mol. The standard InChI is InChI=1S/C21H31ClO3/c1-3-4-7-10-17(2)11-8-5-6-9-12-20(23)25-21(24)18-13-15-19(22)16-14-18/h13-17H,3-12H2,1-2H3. The number of ether oxygens (including phenoxy) is 1. The third-order valence-electron chi connectivity index (χ3n) is 4.41. The average molecular weight is 367 g/mol. The van der Waals surface area contributed by atoms with Crippen LogP contribution >= 0.6 is 11.6 Å². The van der Waals surface area contributed by atoms with E-state index in [9.17, 15) is 9.59 Å². The molecule has 0 aliphatic carbocycles. The molecule has 3 nitrogen and oxygen atoms in total. The Morgan fingerprint density at radius 3 is 2.20 bits per heavy atom. The number of hydrogen-bond acceptors (Lipinski definition) is 3. The van der Waals surface area contributed by atoms with Crippen LogP contribution in [-0.2, 0) is 9.53 Å².